The van der Waals surface area contributed by atoms with Gasteiger partial charge in [0.15, 0.2) is 0 Å². The Kier molecular flexibility index (Phi) is 4.45. The van der Waals surface area contributed by atoms with Gasteiger partial charge in [-0.2, -0.15) is 13.2 Å². The largest absolute Gasteiger partial charge is 0.454 e. The summed E-state index contributed by atoms with van der Waals surface area (Å²) in [7, 11) is 0. The molecule has 1 N–H and O–H groups in total. The summed E-state index contributed by atoms with van der Waals surface area (Å²) in [6.45, 7) is 2.07. The van der Waals surface area contributed by atoms with Crippen LogP contribution in [0.1, 0.15) is 60.3 Å². The number of halogens is 3. The summed E-state index contributed by atoms with van der Waals surface area (Å²) < 4.78 is 44.3. The number of esters is 1. The number of nitrogens with one attached hydrogen (secondary N) is 1. The van der Waals surface area contributed by atoms with E-state index in [1.807, 2.05) is 5.10 Å². The zero-order valence-corrected chi connectivity index (χ0v) is 13.5. The molecule has 1 aromatic carbocycles. The summed E-state index contributed by atoms with van der Waals surface area (Å²) in [5, 5.41) is 2.02. The quantitative estimate of drug-likeness (QED) is 0.653. The summed E-state index contributed by atoms with van der Waals surface area (Å²) in [5.74, 6) is -0.519. The number of nitrogens with zero attached hydrogens (tertiary/aromatic N) is 1. The van der Waals surface area contributed by atoms with E-state index < -0.39 is 23.4 Å². The third-order valence-electron chi connectivity index (χ3n) is 4.21. The number of rotatable bonds is 5. The van der Waals surface area contributed by atoms with Crippen LogP contribution in [0.3, 0.4) is 0 Å². The van der Waals surface area contributed by atoms with Gasteiger partial charge >= 0.3 is 12.1 Å². The minimum absolute atomic E-state index is 0.158. The fourth-order valence-corrected chi connectivity index (χ4v) is 2.92. The summed E-state index contributed by atoms with van der Waals surface area (Å²) in [6.07, 6.45) is -1.30. The van der Waals surface area contributed by atoms with Crippen LogP contribution < -0.4 is 5.56 Å². The van der Waals surface area contributed by atoms with Crippen LogP contribution in [0.4, 0.5) is 13.2 Å². The number of alkyl halides is 3. The van der Waals surface area contributed by atoms with Crippen LogP contribution in [-0.2, 0) is 10.9 Å². The lowest BCUT2D eigenvalue weighted by Crippen LogP contribution is -2.14. The Balaban J connectivity index is 1.92. The molecule has 0 fully saturated rings. The number of H-pyrrole nitrogens is 1. The average molecular weight is 354 g/mol. The predicted molar refractivity (Wildman–Crippen MR) is 83.7 cm³/mol. The number of carbonyl (C=O) groups excluding carboxylic acids is 1. The molecule has 1 aromatic heterocycles. The normalized spacial score (nSPS) is 16.8. The van der Waals surface area contributed by atoms with Gasteiger partial charge in [-0.3, -0.25) is 9.89 Å². The first-order chi connectivity index (χ1) is 11.8. The van der Waals surface area contributed by atoms with Crippen molar-refractivity contribution in [3.63, 3.8) is 0 Å². The fourth-order valence-electron chi connectivity index (χ4n) is 2.92. The number of unbranched alkanes of at least 4 members (excludes halogenated alkanes) is 2. The summed E-state index contributed by atoms with van der Waals surface area (Å²) in [4.78, 5) is 23.9. The third-order valence-corrected chi connectivity index (χ3v) is 4.21. The Labute approximate surface area is 141 Å². The zero-order chi connectivity index (χ0) is 18.2. The average Bonchev–Trinajstić information content (AvgIpc) is 3.08. The second kappa shape index (κ2) is 6.42. The van der Waals surface area contributed by atoms with Gasteiger partial charge in [0, 0.05) is 11.6 Å². The number of hydrogen-bond donors (Lipinski definition) is 1. The number of cyclic esters (lactones) is 1. The minimum atomic E-state index is -4.65. The Hall–Kier alpha value is -2.51. The van der Waals surface area contributed by atoms with Crippen molar-refractivity contribution in [1.29, 1.82) is 0 Å². The number of benzene rings is 1. The van der Waals surface area contributed by atoms with Crippen molar-refractivity contribution in [1.82, 2.24) is 9.78 Å². The molecule has 2 heterocycles. The molecule has 0 saturated heterocycles. The van der Waals surface area contributed by atoms with E-state index in [0.29, 0.717) is 18.1 Å². The molecule has 134 valence electrons. The second-order valence-corrected chi connectivity index (χ2v) is 6.00. The van der Waals surface area contributed by atoms with Crippen LogP contribution in [0.2, 0.25) is 0 Å². The van der Waals surface area contributed by atoms with E-state index in [9.17, 15) is 22.8 Å². The van der Waals surface area contributed by atoms with Crippen molar-refractivity contribution in [2.45, 2.75) is 44.9 Å². The molecule has 0 radical (unpaired) electrons. The number of aromatic nitrogens is 2. The highest BCUT2D eigenvalue weighted by atomic mass is 19.4. The van der Waals surface area contributed by atoms with Gasteiger partial charge in [0.25, 0.3) is 5.56 Å². The Morgan fingerprint density at radius 1 is 1.20 bits per heavy atom. The van der Waals surface area contributed by atoms with Crippen molar-refractivity contribution in [2.24, 2.45) is 0 Å². The smallest absolute Gasteiger partial charge is 0.432 e. The van der Waals surface area contributed by atoms with Crippen molar-refractivity contribution in [2.75, 3.05) is 0 Å². The summed E-state index contributed by atoms with van der Waals surface area (Å²) in [6, 6.07) is 5.01. The highest BCUT2D eigenvalue weighted by molar-refractivity contribution is 5.94. The third kappa shape index (κ3) is 3.33. The lowest BCUT2D eigenvalue weighted by atomic mass is 10.00. The molecule has 0 aliphatic carbocycles. The van der Waals surface area contributed by atoms with Crippen molar-refractivity contribution in [3.05, 3.63) is 51.4 Å². The number of aromatic amines is 1. The Bertz CT molecular complexity index is 852. The number of ether oxygens (including phenoxy) is 1. The lowest BCUT2D eigenvalue weighted by Gasteiger charge is -2.10. The molecule has 1 aliphatic heterocycles. The van der Waals surface area contributed by atoms with Gasteiger partial charge in [0.2, 0.25) is 0 Å². The van der Waals surface area contributed by atoms with Crippen LogP contribution in [-0.4, -0.2) is 15.7 Å². The molecule has 0 bridgehead atoms. The van der Waals surface area contributed by atoms with E-state index in [0.717, 1.165) is 23.9 Å². The molecule has 3 rings (SSSR count). The van der Waals surface area contributed by atoms with E-state index in [1.54, 1.807) is 6.07 Å². The first-order valence-electron chi connectivity index (χ1n) is 8.06. The molecule has 2 aromatic rings. The highest BCUT2D eigenvalue weighted by Crippen LogP contribution is 2.35. The maximum atomic E-state index is 12.7. The molecule has 1 atom stereocenters. The van der Waals surface area contributed by atoms with Gasteiger partial charge in [-0.05, 0) is 25.0 Å². The maximum absolute atomic E-state index is 12.7. The van der Waals surface area contributed by atoms with Crippen LogP contribution in [0.25, 0.3) is 5.69 Å². The maximum Gasteiger partial charge on any atom is 0.432 e. The van der Waals surface area contributed by atoms with Gasteiger partial charge in [-0.15, -0.1) is 0 Å². The summed E-state index contributed by atoms with van der Waals surface area (Å²) >= 11 is 0. The molecule has 25 heavy (non-hydrogen) atoms. The van der Waals surface area contributed by atoms with Crippen LogP contribution in [0.15, 0.2) is 29.1 Å². The molecule has 0 amide bonds. The van der Waals surface area contributed by atoms with Crippen LogP contribution >= 0.6 is 0 Å². The monoisotopic (exact) mass is 354 g/mol. The van der Waals surface area contributed by atoms with E-state index in [4.69, 9.17) is 4.74 Å². The second-order valence-electron chi connectivity index (χ2n) is 6.00. The minimum Gasteiger partial charge on any atom is -0.454 e. The zero-order valence-electron chi connectivity index (χ0n) is 13.5. The van der Waals surface area contributed by atoms with E-state index in [2.05, 4.69) is 6.92 Å². The standard InChI is InChI=1S/C17H17F3N2O3/c1-2-3-4-5-13-11-7-6-10(8-12(11)16(24)25-13)22-15(23)9-14(21-22)17(18,19)20/h6-9,13,21H,2-5H2,1H3. The van der Waals surface area contributed by atoms with Crippen LogP contribution in [0, 0.1) is 0 Å². The topological polar surface area (TPSA) is 64.1 Å². The van der Waals surface area contributed by atoms with Gasteiger partial charge in [0.1, 0.15) is 11.8 Å². The van der Waals surface area contributed by atoms with E-state index in [1.165, 1.54) is 12.1 Å². The van der Waals surface area contributed by atoms with E-state index in [-0.39, 0.29) is 17.4 Å². The molecule has 1 aliphatic rings. The van der Waals surface area contributed by atoms with Crippen molar-refractivity contribution in [3.8, 4) is 5.69 Å². The van der Waals surface area contributed by atoms with Crippen molar-refractivity contribution < 1.29 is 22.7 Å². The first kappa shape index (κ1) is 17.3. The molecular formula is C17H17F3N2O3. The molecule has 5 nitrogen and oxygen atoms in total. The molecule has 8 heteroatoms. The predicted octanol–water partition coefficient (Wildman–Crippen LogP) is 3.98. The fraction of sp³-hybridized carbons (Fsp3) is 0.412. The number of carbonyl (C=O) groups is 1. The van der Waals surface area contributed by atoms with Crippen LogP contribution in [0.5, 0.6) is 0 Å². The lowest BCUT2D eigenvalue weighted by molar-refractivity contribution is -0.141. The molecular weight excluding hydrogens is 337 g/mol. The Morgan fingerprint density at radius 3 is 2.60 bits per heavy atom. The molecule has 0 spiro atoms. The van der Waals surface area contributed by atoms with Gasteiger partial charge in [-0.1, -0.05) is 25.8 Å². The molecule has 1 unspecified atom stereocenters. The number of hydrogen-bond acceptors (Lipinski definition) is 3. The first-order valence-corrected chi connectivity index (χ1v) is 8.06. The van der Waals surface area contributed by atoms with Crippen molar-refractivity contribution >= 4 is 5.97 Å². The van der Waals surface area contributed by atoms with E-state index >= 15 is 0 Å². The molecule has 0 saturated carbocycles. The van der Waals surface area contributed by atoms with Gasteiger partial charge < -0.3 is 4.74 Å². The SMILES string of the molecule is CCCCCC1OC(=O)c2cc(-n3[nH]c(C(F)(F)F)cc3=O)ccc21. The highest BCUT2D eigenvalue weighted by Gasteiger charge is 2.34. The van der Waals surface area contributed by atoms with Gasteiger partial charge in [0.05, 0.1) is 11.3 Å². The summed E-state index contributed by atoms with van der Waals surface area (Å²) in [5.41, 5.74) is -0.837. The Morgan fingerprint density at radius 2 is 1.96 bits per heavy atom. The number of fused-ring (bicyclic) bond motifs is 1. The van der Waals surface area contributed by atoms with Gasteiger partial charge in [-0.25, -0.2) is 9.48 Å².